The molecular weight excluding hydrogens is 443 g/mol. The second-order valence-electron chi connectivity index (χ2n) is 8.58. The van der Waals surface area contributed by atoms with Gasteiger partial charge in [0.2, 0.25) is 18.1 Å². The number of aliphatic imine (C=N–C) groups is 1. The monoisotopic (exact) mass is 470 g/mol. The fourth-order valence-corrected chi connectivity index (χ4v) is 4.33. The lowest BCUT2D eigenvalue weighted by molar-refractivity contribution is -0.130. The summed E-state index contributed by atoms with van der Waals surface area (Å²) in [6, 6.07) is 18.3. The highest BCUT2D eigenvalue weighted by Gasteiger charge is 2.26. The molecule has 3 aromatic carbocycles. The van der Waals surface area contributed by atoms with Crippen LogP contribution in [0.1, 0.15) is 18.1 Å². The number of fused-ring (bicyclic) bond motifs is 1. The van der Waals surface area contributed by atoms with E-state index < -0.39 is 0 Å². The fraction of sp³-hybridized carbons (Fsp3) is 0.222. The van der Waals surface area contributed by atoms with Gasteiger partial charge in [-0.2, -0.15) is 5.26 Å². The summed E-state index contributed by atoms with van der Waals surface area (Å²) in [6.45, 7) is 4.84. The number of piperazine rings is 1. The van der Waals surface area contributed by atoms with Crippen LogP contribution in [0.5, 0.6) is 0 Å². The van der Waals surface area contributed by atoms with E-state index in [9.17, 15) is 9.18 Å². The molecule has 7 nitrogen and oxygen atoms in total. The van der Waals surface area contributed by atoms with Gasteiger partial charge in [-0.3, -0.25) is 9.69 Å². The molecule has 178 valence electrons. The number of nitrogens with one attached hydrogen (secondary N) is 1. The van der Waals surface area contributed by atoms with Gasteiger partial charge in [0.15, 0.2) is 0 Å². The predicted molar refractivity (Wildman–Crippen MR) is 137 cm³/mol. The van der Waals surface area contributed by atoms with Gasteiger partial charge in [0, 0.05) is 44.0 Å². The number of guanidine groups is 1. The van der Waals surface area contributed by atoms with Crippen molar-refractivity contribution in [2.24, 2.45) is 10.7 Å². The van der Waals surface area contributed by atoms with Gasteiger partial charge in [0.05, 0.1) is 0 Å². The smallest absolute Gasteiger partial charge is 0.246 e. The lowest BCUT2D eigenvalue weighted by Gasteiger charge is -2.39. The molecule has 0 aliphatic carbocycles. The zero-order valence-electron chi connectivity index (χ0n) is 19.5. The van der Waals surface area contributed by atoms with Crippen LogP contribution >= 0.6 is 0 Å². The predicted octanol–water partition coefficient (Wildman–Crippen LogP) is 3.93. The van der Waals surface area contributed by atoms with Crippen LogP contribution in [0.2, 0.25) is 0 Å². The highest BCUT2D eigenvalue weighted by Crippen LogP contribution is 2.25. The zero-order valence-corrected chi connectivity index (χ0v) is 19.5. The van der Waals surface area contributed by atoms with E-state index in [0.29, 0.717) is 12.2 Å². The van der Waals surface area contributed by atoms with Crippen LogP contribution < -0.4 is 11.1 Å². The number of hydrogen-bond acceptors (Lipinski definition) is 4. The molecule has 35 heavy (non-hydrogen) atoms. The Hall–Kier alpha value is -4.22. The van der Waals surface area contributed by atoms with Gasteiger partial charge < -0.3 is 16.0 Å². The first-order chi connectivity index (χ1) is 16.9. The van der Waals surface area contributed by atoms with Crippen molar-refractivity contribution in [2.75, 3.05) is 25.0 Å². The Bertz CT molecular complexity index is 1310. The van der Waals surface area contributed by atoms with Crippen LogP contribution in [0.25, 0.3) is 16.8 Å². The summed E-state index contributed by atoms with van der Waals surface area (Å²) in [5, 5.41) is 13.7. The Labute approximate surface area is 204 Å². The molecule has 1 aliphatic rings. The first kappa shape index (κ1) is 23.9. The van der Waals surface area contributed by atoms with Gasteiger partial charge in [-0.25, -0.2) is 4.39 Å². The number of nitrogens with zero attached hydrogens (tertiary/aromatic N) is 4. The van der Waals surface area contributed by atoms with Crippen molar-refractivity contribution >= 4 is 34.4 Å². The molecule has 0 radical (unpaired) electrons. The number of nitrogens with two attached hydrogens (primary N) is 1. The van der Waals surface area contributed by atoms with Crippen LogP contribution in [0.4, 0.5) is 10.1 Å². The summed E-state index contributed by atoms with van der Waals surface area (Å²) in [5.74, 6) is -0.333. The molecule has 8 heteroatoms. The minimum Gasteiger partial charge on any atom is -0.369 e. The molecule has 4 rings (SSSR count). The minimum atomic E-state index is -0.242. The Balaban J connectivity index is 1.47. The van der Waals surface area contributed by atoms with E-state index >= 15 is 0 Å². The molecule has 3 N–H and O–H groups in total. The fourth-order valence-electron chi connectivity index (χ4n) is 4.33. The first-order valence-electron chi connectivity index (χ1n) is 11.4. The summed E-state index contributed by atoms with van der Waals surface area (Å²) in [4.78, 5) is 20.7. The Kier molecular flexibility index (Phi) is 7.38. The van der Waals surface area contributed by atoms with E-state index in [4.69, 9.17) is 11.0 Å². The summed E-state index contributed by atoms with van der Waals surface area (Å²) in [6.07, 6.45) is 4.99. The summed E-state index contributed by atoms with van der Waals surface area (Å²) >= 11 is 0. The lowest BCUT2D eigenvalue weighted by Crippen LogP contribution is -2.53. The van der Waals surface area contributed by atoms with Gasteiger partial charge in [-0.1, -0.05) is 36.4 Å². The molecule has 0 unspecified atom stereocenters. The molecule has 1 saturated heterocycles. The third kappa shape index (κ3) is 6.02. The van der Waals surface area contributed by atoms with Crippen molar-refractivity contribution in [1.82, 2.24) is 9.80 Å². The summed E-state index contributed by atoms with van der Waals surface area (Å²) < 4.78 is 13.2. The SMILES string of the molecule is C[C@@H]1CN(Cc2ccc(F)cc2)CCN1C(=O)/C=C/c1cc2ccccc2cc1N/C(N)=N\C#N. The van der Waals surface area contributed by atoms with Gasteiger partial charge in [0.25, 0.3) is 0 Å². The first-order valence-corrected chi connectivity index (χ1v) is 11.4. The molecule has 1 fully saturated rings. The highest BCUT2D eigenvalue weighted by atomic mass is 19.1. The summed E-state index contributed by atoms with van der Waals surface area (Å²) in [5.41, 5.74) is 8.25. The number of amides is 1. The maximum absolute atomic E-state index is 13.2. The number of carbonyl (C=O) groups excluding carboxylic acids is 1. The molecule has 0 aromatic heterocycles. The Morgan fingerprint density at radius 2 is 1.91 bits per heavy atom. The maximum atomic E-state index is 13.2. The van der Waals surface area contributed by atoms with Crippen LogP contribution in [-0.2, 0) is 11.3 Å². The lowest BCUT2D eigenvalue weighted by atomic mass is 10.0. The molecule has 3 aromatic rings. The van der Waals surface area contributed by atoms with Crippen molar-refractivity contribution < 1.29 is 9.18 Å². The zero-order chi connectivity index (χ0) is 24.8. The van der Waals surface area contributed by atoms with Crippen LogP contribution in [0.15, 0.2) is 71.7 Å². The van der Waals surface area contributed by atoms with Gasteiger partial charge in [-0.15, -0.1) is 4.99 Å². The Morgan fingerprint density at radius 3 is 2.60 bits per heavy atom. The third-order valence-corrected chi connectivity index (χ3v) is 6.07. The topological polar surface area (TPSA) is 97.8 Å². The molecule has 0 spiro atoms. The van der Waals surface area contributed by atoms with Crippen molar-refractivity contribution in [1.29, 1.82) is 5.26 Å². The molecule has 0 bridgehead atoms. The average Bonchev–Trinajstić information content (AvgIpc) is 2.84. The van der Waals surface area contributed by atoms with Crippen molar-refractivity contribution in [2.45, 2.75) is 19.5 Å². The molecule has 1 atom stereocenters. The largest absolute Gasteiger partial charge is 0.369 e. The van der Waals surface area contributed by atoms with Crippen LogP contribution in [0.3, 0.4) is 0 Å². The van der Waals surface area contributed by atoms with E-state index in [2.05, 4.69) is 15.2 Å². The van der Waals surface area contributed by atoms with E-state index in [-0.39, 0.29) is 23.7 Å². The number of hydrogen-bond donors (Lipinski definition) is 2. The van der Waals surface area contributed by atoms with E-state index in [1.54, 1.807) is 30.5 Å². The molecule has 0 saturated carbocycles. The molecule has 1 amide bonds. The van der Waals surface area contributed by atoms with Gasteiger partial charge >= 0.3 is 0 Å². The maximum Gasteiger partial charge on any atom is 0.246 e. The average molecular weight is 471 g/mol. The van der Waals surface area contributed by atoms with Gasteiger partial charge in [0.1, 0.15) is 5.82 Å². The van der Waals surface area contributed by atoms with Crippen molar-refractivity contribution in [3.8, 4) is 6.19 Å². The van der Waals surface area contributed by atoms with Crippen LogP contribution in [0, 0.1) is 17.3 Å². The van der Waals surface area contributed by atoms with Gasteiger partial charge in [-0.05, 0) is 59.2 Å². The Morgan fingerprint density at radius 1 is 1.20 bits per heavy atom. The minimum absolute atomic E-state index is 0.0188. The quantitative estimate of drug-likeness (QED) is 0.255. The molecular formula is C27H27FN6O. The van der Waals surface area contributed by atoms with E-state index in [1.807, 2.05) is 48.2 Å². The second-order valence-corrected chi connectivity index (χ2v) is 8.58. The molecule has 1 aliphatic heterocycles. The second kappa shape index (κ2) is 10.8. The number of halogens is 1. The number of carbonyl (C=O) groups is 1. The van der Waals surface area contributed by atoms with E-state index in [1.165, 1.54) is 12.1 Å². The summed E-state index contributed by atoms with van der Waals surface area (Å²) in [7, 11) is 0. The van der Waals surface area contributed by atoms with E-state index in [0.717, 1.165) is 41.5 Å². The molecule has 1 heterocycles. The normalized spacial score (nSPS) is 17.0. The number of anilines is 1. The number of nitriles is 1. The standard InChI is InChI=1S/C27H27FN6O/c1-19-16-33(17-20-6-9-24(28)10-7-20)12-13-34(19)26(35)11-8-23-14-21-4-2-3-5-22(21)15-25(23)32-27(30)31-18-29/h2-11,14-15,19H,12-13,16-17H2,1H3,(H3,30,31,32)/b11-8+/t19-/m1/s1. The number of rotatable bonds is 5. The van der Waals surface area contributed by atoms with Crippen molar-refractivity contribution in [3.05, 3.63) is 83.7 Å². The number of benzene rings is 3. The van der Waals surface area contributed by atoms with Crippen LogP contribution in [-0.4, -0.2) is 47.3 Å². The highest BCUT2D eigenvalue weighted by molar-refractivity contribution is 6.00. The third-order valence-electron chi connectivity index (χ3n) is 6.07. The van der Waals surface area contributed by atoms with Crippen molar-refractivity contribution in [3.63, 3.8) is 0 Å².